The zero-order valence-electron chi connectivity index (χ0n) is 32.0. The number of pyridine rings is 1. The number of carbonyl (C=O) groups is 1. The van der Waals surface area contributed by atoms with Gasteiger partial charge >= 0.3 is 0 Å². The molecular weight excluding hydrogens is 807 g/mol. The molecule has 0 unspecified atom stereocenters. The second-order valence-electron chi connectivity index (χ2n) is 15.6. The summed E-state index contributed by atoms with van der Waals surface area (Å²) in [6.45, 7) is 21.6. The Bertz CT molecular complexity index is 2170. The third kappa shape index (κ3) is 8.48. The third-order valence-electron chi connectivity index (χ3n) is 10.1. The molecule has 4 aromatic carbocycles. The normalized spacial score (nSPS) is 12.5. The molecule has 6 aromatic rings. The molecule has 0 aliphatic carbocycles. The summed E-state index contributed by atoms with van der Waals surface area (Å²) in [5, 5.41) is 15.5. The van der Waals surface area contributed by atoms with E-state index in [2.05, 4.69) is 108 Å². The van der Waals surface area contributed by atoms with E-state index in [9.17, 15) is 9.90 Å². The van der Waals surface area contributed by atoms with Crippen LogP contribution >= 0.6 is 0 Å². The first-order valence-corrected chi connectivity index (χ1v) is 18.4. The Labute approximate surface area is 318 Å². The maximum absolute atomic E-state index is 11.7. The largest absolute Gasteiger partial charge is 0.512 e. The van der Waals surface area contributed by atoms with Crippen molar-refractivity contribution >= 4 is 49.4 Å². The van der Waals surface area contributed by atoms with Crippen molar-refractivity contribution in [2.45, 2.75) is 106 Å². The van der Waals surface area contributed by atoms with Gasteiger partial charge in [-0.25, -0.2) is 0 Å². The van der Waals surface area contributed by atoms with Gasteiger partial charge in [0.25, 0.3) is 0 Å². The van der Waals surface area contributed by atoms with Crippen molar-refractivity contribution in [1.29, 1.82) is 0 Å². The summed E-state index contributed by atoms with van der Waals surface area (Å²) < 4.78 is 6.53. The van der Waals surface area contributed by atoms with Crippen LogP contribution in [-0.4, -0.2) is 15.9 Å². The molecule has 0 aliphatic heterocycles. The van der Waals surface area contributed by atoms with Crippen LogP contribution in [0.15, 0.2) is 89.0 Å². The minimum absolute atomic E-state index is 0. The molecule has 2 aromatic heterocycles. The number of aliphatic hydroxyl groups excluding tert-OH is 1. The third-order valence-corrected chi connectivity index (χ3v) is 10.1. The van der Waals surface area contributed by atoms with Crippen LogP contribution in [0.1, 0.15) is 106 Å². The summed E-state index contributed by atoms with van der Waals surface area (Å²) in [6.07, 6.45) is 4.91. The summed E-state index contributed by atoms with van der Waals surface area (Å²) in [7, 11) is 0. The summed E-state index contributed by atoms with van der Waals surface area (Å²) >= 11 is 0. The number of carbonyl (C=O) groups excluding carboxylic acids is 1. The van der Waals surface area contributed by atoms with Crippen molar-refractivity contribution in [1.82, 2.24) is 4.98 Å². The van der Waals surface area contributed by atoms with Gasteiger partial charge in [-0.2, -0.15) is 0 Å². The Balaban J connectivity index is 0.000000312. The number of benzene rings is 4. The average molecular weight is 861 g/mol. The zero-order valence-corrected chi connectivity index (χ0v) is 34.4. The number of para-hydroxylation sites is 1. The monoisotopic (exact) mass is 861 g/mol. The molecule has 0 aliphatic rings. The van der Waals surface area contributed by atoms with Gasteiger partial charge in [0.2, 0.25) is 0 Å². The summed E-state index contributed by atoms with van der Waals surface area (Å²) in [5.41, 5.74) is 7.12. The Morgan fingerprint density at radius 1 is 0.784 bits per heavy atom. The van der Waals surface area contributed by atoms with Gasteiger partial charge in [-0.05, 0) is 60.3 Å². The molecule has 0 amide bonds. The minimum atomic E-state index is -0.0189. The first kappa shape index (κ1) is 40.0. The van der Waals surface area contributed by atoms with E-state index in [1.807, 2.05) is 39.8 Å². The number of aromatic nitrogens is 1. The Hall–Kier alpha value is -3.79. The van der Waals surface area contributed by atoms with Crippen LogP contribution in [0, 0.1) is 17.9 Å². The summed E-state index contributed by atoms with van der Waals surface area (Å²) in [5.74, 6) is 0.547. The van der Waals surface area contributed by atoms with Crippen LogP contribution in [0.4, 0.5) is 0 Å². The number of furan rings is 1. The zero-order chi connectivity index (χ0) is 36.4. The van der Waals surface area contributed by atoms with Crippen molar-refractivity contribution < 1.29 is 34.4 Å². The number of ketones is 1. The van der Waals surface area contributed by atoms with Gasteiger partial charge in [0, 0.05) is 59.9 Å². The van der Waals surface area contributed by atoms with Crippen molar-refractivity contribution in [2.75, 3.05) is 0 Å². The van der Waals surface area contributed by atoms with Crippen LogP contribution in [0.2, 0.25) is 0 Å². The number of allylic oxidation sites excluding steroid dienone is 2. The van der Waals surface area contributed by atoms with E-state index >= 15 is 0 Å². The predicted octanol–water partition coefficient (Wildman–Crippen LogP) is 13.2. The van der Waals surface area contributed by atoms with Gasteiger partial charge in [-0.15, -0.1) is 29.1 Å². The van der Waals surface area contributed by atoms with Crippen molar-refractivity contribution in [3.05, 3.63) is 102 Å². The quantitative estimate of drug-likeness (QED) is 0.0941. The fourth-order valence-electron chi connectivity index (χ4n) is 6.89. The first-order valence-electron chi connectivity index (χ1n) is 18.4. The maximum atomic E-state index is 11.7. The average Bonchev–Trinajstić information content (AvgIpc) is 3.48. The second-order valence-corrected chi connectivity index (χ2v) is 15.6. The number of hydrogen-bond donors (Lipinski definition) is 1. The number of aliphatic hydroxyl groups is 1. The summed E-state index contributed by atoms with van der Waals surface area (Å²) in [6, 6.07) is 29.4. The smallest absolute Gasteiger partial charge is 0.162 e. The number of rotatable bonds is 8. The fraction of sp³-hybridized carbons (Fsp3) is 0.391. The van der Waals surface area contributed by atoms with Gasteiger partial charge in [0.15, 0.2) is 5.78 Å². The van der Waals surface area contributed by atoms with Crippen LogP contribution in [0.25, 0.3) is 54.9 Å². The molecule has 0 bridgehead atoms. The first-order chi connectivity index (χ1) is 23.7. The molecule has 271 valence electrons. The predicted molar refractivity (Wildman–Crippen MR) is 212 cm³/mol. The Kier molecular flexibility index (Phi) is 12.8. The molecule has 1 N–H and O–H groups in total. The molecule has 0 saturated heterocycles. The van der Waals surface area contributed by atoms with Crippen molar-refractivity contribution in [3.8, 4) is 11.3 Å². The number of nitrogens with zero attached hydrogens (tertiary/aromatic N) is 1. The number of fused-ring (bicyclic) bond motifs is 6. The molecule has 5 heteroatoms. The van der Waals surface area contributed by atoms with E-state index < -0.39 is 0 Å². The van der Waals surface area contributed by atoms with Gasteiger partial charge in [0.05, 0.1) is 11.3 Å². The molecule has 0 saturated carbocycles. The van der Waals surface area contributed by atoms with E-state index in [4.69, 9.17) is 9.40 Å². The van der Waals surface area contributed by atoms with Gasteiger partial charge in [-0.3, -0.25) is 9.78 Å². The fourth-order valence-corrected chi connectivity index (χ4v) is 6.89. The van der Waals surface area contributed by atoms with E-state index in [0.717, 1.165) is 75.2 Å². The molecule has 51 heavy (non-hydrogen) atoms. The van der Waals surface area contributed by atoms with Crippen LogP contribution in [0.5, 0.6) is 0 Å². The number of hydrogen-bond acceptors (Lipinski definition) is 4. The maximum Gasteiger partial charge on any atom is 0.162 e. The molecule has 0 atom stereocenters. The van der Waals surface area contributed by atoms with Crippen LogP contribution in [0.3, 0.4) is 0 Å². The van der Waals surface area contributed by atoms with Crippen molar-refractivity contribution in [2.24, 2.45) is 11.8 Å². The molecule has 4 nitrogen and oxygen atoms in total. The summed E-state index contributed by atoms with van der Waals surface area (Å²) in [4.78, 5) is 16.9. The Morgan fingerprint density at radius 3 is 2.00 bits per heavy atom. The Morgan fingerprint density at radius 2 is 1.39 bits per heavy atom. The van der Waals surface area contributed by atoms with Crippen molar-refractivity contribution in [3.63, 3.8) is 0 Å². The van der Waals surface area contributed by atoms with Crippen LogP contribution < -0.4 is 0 Å². The van der Waals surface area contributed by atoms with E-state index in [1.54, 1.807) is 0 Å². The standard InChI is InChI=1S/C33H30NO.C13H24O2.Ir/c1-32(2,3)22-15-16-27-25(19-22)29-24-13-9-10-14-28(24)35-31(29)30(34-27)21-17-20-11-7-8-12-23(20)26(18-21)33(4,5)6;1-5-10(6-2)12(14)9-13(15)11(7-3)8-4;/h7-16,18-19H,1-6H3;9-11,14H,5-8H2,1-4H3;/q-1;;/b;12-9-;. The van der Waals surface area contributed by atoms with E-state index in [1.165, 1.54) is 22.6 Å². The molecular formula is C46H54IrNO3-. The SMILES string of the molecule is CC(C)(C)c1ccc2nc(-c3[c-]c4ccccc4c(C(C)(C)C)c3)c3oc4ccccc4c3c2c1.CCC(CC)C(=O)/C=C(\O)C(CC)CC.[Ir]. The van der Waals surface area contributed by atoms with E-state index in [-0.39, 0.29) is 54.3 Å². The topological polar surface area (TPSA) is 63.3 Å². The molecule has 6 rings (SSSR count). The van der Waals surface area contributed by atoms with Gasteiger partial charge in [-0.1, -0.05) is 123 Å². The van der Waals surface area contributed by atoms with E-state index in [0.29, 0.717) is 0 Å². The second kappa shape index (κ2) is 16.3. The van der Waals surface area contributed by atoms with Crippen LogP contribution in [-0.2, 0) is 35.7 Å². The van der Waals surface area contributed by atoms with Gasteiger partial charge < -0.3 is 9.52 Å². The molecule has 1 radical (unpaired) electrons. The molecule has 0 fully saturated rings. The van der Waals surface area contributed by atoms with Gasteiger partial charge in [0.1, 0.15) is 11.2 Å². The minimum Gasteiger partial charge on any atom is -0.512 e. The molecule has 2 heterocycles. The molecule has 0 spiro atoms.